The van der Waals surface area contributed by atoms with Crippen LogP contribution in [-0.4, -0.2) is 18.9 Å². The smallest absolute Gasteiger partial charge is 0.467 e. The lowest BCUT2D eigenvalue weighted by Crippen LogP contribution is -2.36. The molecule has 2 rings (SSSR count). The van der Waals surface area contributed by atoms with Crippen LogP contribution in [0.15, 0.2) is 52.1 Å². The molecule has 0 atom stereocenters. The fourth-order valence-electron chi connectivity index (χ4n) is 1.95. The lowest BCUT2D eigenvalue weighted by molar-refractivity contribution is -0.274. The number of hydrogen-bond acceptors (Lipinski definition) is 3. The first-order valence-corrected chi connectivity index (χ1v) is 7.36. The highest BCUT2D eigenvalue weighted by molar-refractivity contribution is 5.79. The summed E-state index contributed by atoms with van der Waals surface area (Å²) in [5, 5.41) is 6.06. The fraction of sp³-hybridized carbons (Fsp3) is 0.312. The van der Waals surface area contributed by atoms with Crippen molar-refractivity contribution in [2.45, 2.75) is 26.4 Å². The number of halogens is 3. The lowest BCUT2D eigenvalue weighted by atomic mass is 10.2. The van der Waals surface area contributed by atoms with E-state index >= 15 is 0 Å². The van der Waals surface area contributed by atoms with Gasteiger partial charge < -0.3 is 19.8 Å². The van der Waals surface area contributed by atoms with E-state index in [2.05, 4.69) is 20.4 Å². The van der Waals surface area contributed by atoms with Gasteiger partial charge in [-0.25, -0.2) is 4.99 Å². The molecule has 24 heavy (non-hydrogen) atoms. The number of alkyl halides is 3. The highest BCUT2D eigenvalue weighted by Gasteiger charge is 2.31. The molecule has 0 bridgehead atoms. The number of aliphatic imine (C=N–C) groups is 1. The van der Waals surface area contributed by atoms with E-state index in [9.17, 15) is 13.2 Å². The van der Waals surface area contributed by atoms with Gasteiger partial charge in [0.2, 0.25) is 0 Å². The number of hydrogen-bond donors (Lipinski definition) is 2. The number of ether oxygens (including phenoxy) is 1. The van der Waals surface area contributed by atoms with Gasteiger partial charge in [0.15, 0.2) is 5.96 Å². The van der Waals surface area contributed by atoms with Crippen molar-refractivity contribution in [2.75, 3.05) is 6.54 Å². The number of benzene rings is 1. The van der Waals surface area contributed by atoms with Crippen molar-refractivity contribution in [1.82, 2.24) is 10.6 Å². The lowest BCUT2D eigenvalue weighted by Gasteiger charge is -2.13. The van der Waals surface area contributed by atoms with Gasteiger partial charge in [-0.3, -0.25) is 0 Å². The zero-order valence-electron chi connectivity index (χ0n) is 13.1. The number of furan rings is 1. The van der Waals surface area contributed by atoms with Crippen LogP contribution < -0.4 is 15.4 Å². The molecule has 0 amide bonds. The minimum atomic E-state index is -4.73. The SMILES string of the molecule is CCNC(=NCc1ccccc1OC(F)(F)F)NCc1ccco1. The highest BCUT2D eigenvalue weighted by atomic mass is 19.4. The van der Waals surface area contributed by atoms with Gasteiger partial charge in [-0.05, 0) is 25.1 Å². The Hall–Kier alpha value is -2.64. The van der Waals surface area contributed by atoms with E-state index in [0.717, 1.165) is 5.76 Å². The zero-order valence-corrected chi connectivity index (χ0v) is 13.1. The molecule has 0 aliphatic heterocycles. The third kappa shape index (κ3) is 5.86. The quantitative estimate of drug-likeness (QED) is 0.624. The first kappa shape index (κ1) is 17.7. The summed E-state index contributed by atoms with van der Waals surface area (Å²) in [7, 11) is 0. The Bertz CT molecular complexity index is 655. The van der Waals surface area contributed by atoms with Gasteiger partial charge in [0.05, 0.1) is 19.4 Å². The molecule has 2 aromatic rings. The summed E-state index contributed by atoms with van der Waals surface area (Å²) in [6.07, 6.45) is -3.17. The van der Waals surface area contributed by atoms with Crippen molar-refractivity contribution < 1.29 is 22.3 Å². The summed E-state index contributed by atoms with van der Waals surface area (Å²) in [6.45, 7) is 2.97. The van der Waals surface area contributed by atoms with Crippen molar-refractivity contribution in [3.63, 3.8) is 0 Å². The second-order valence-corrected chi connectivity index (χ2v) is 4.78. The summed E-state index contributed by atoms with van der Waals surface area (Å²) in [6, 6.07) is 9.50. The van der Waals surface area contributed by atoms with Gasteiger partial charge in [-0.15, -0.1) is 13.2 Å². The van der Waals surface area contributed by atoms with E-state index in [1.54, 1.807) is 24.5 Å². The first-order chi connectivity index (χ1) is 11.5. The number of para-hydroxylation sites is 1. The first-order valence-electron chi connectivity index (χ1n) is 7.36. The van der Waals surface area contributed by atoms with Crippen molar-refractivity contribution in [3.05, 3.63) is 54.0 Å². The Morgan fingerprint density at radius 2 is 1.96 bits per heavy atom. The van der Waals surface area contributed by atoms with Gasteiger partial charge in [0.1, 0.15) is 11.5 Å². The third-order valence-electron chi connectivity index (χ3n) is 2.96. The third-order valence-corrected chi connectivity index (χ3v) is 2.96. The minimum Gasteiger partial charge on any atom is -0.467 e. The average Bonchev–Trinajstić information content (AvgIpc) is 3.03. The molecule has 0 saturated carbocycles. The standard InChI is InChI=1S/C16H18F3N3O2/c1-2-20-15(22-11-13-7-5-9-23-13)21-10-12-6-3-4-8-14(12)24-16(17,18)19/h3-9H,2,10-11H2,1H3,(H2,20,21,22). The Morgan fingerprint density at radius 1 is 1.17 bits per heavy atom. The molecule has 0 unspecified atom stereocenters. The number of guanidine groups is 1. The van der Waals surface area contributed by atoms with Crippen LogP contribution in [0.4, 0.5) is 13.2 Å². The molecule has 5 nitrogen and oxygen atoms in total. The molecule has 0 radical (unpaired) electrons. The van der Waals surface area contributed by atoms with Crippen molar-refractivity contribution in [3.8, 4) is 5.75 Å². The zero-order chi connectivity index (χ0) is 17.4. The maximum atomic E-state index is 12.4. The molecule has 0 saturated heterocycles. The monoisotopic (exact) mass is 341 g/mol. The van der Waals surface area contributed by atoms with E-state index in [4.69, 9.17) is 4.42 Å². The maximum Gasteiger partial charge on any atom is 0.573 e. The Kier molecular flexibility index (Phi) is 6.11. The summed E-state index contributed by atoms with van der Waals surface area (Å²) in [4.78, 5) is 4.28. The molecule has 130 valence electrons. The van der Waals surface area contributed by atoms with Crippen LogP contribution in [0.1, 0.15) is 18.2 Å². The van der Waals surface area contributed by atoms with E-state index in [1.165, 1.54) is 12.1 Å². The second-order valence-electron chi connectivity index (χ2n) is 4.78. The van der Waals surface area contributed by atoms with Crippen LogP contribution >= 0.6 is 0 Å². The van der Waals surface area contributed by atoms with Gasteiger partial charge in [0.25, 0.3) is 0 Å². The molecule has 0 aliphatic carbocycles. The number of rotatable bonds is 6. The Labute approximate surface area is 137 Å². The summed E-state index contributed by atoms with van der Waals surface area (Å²) in [5.41, 5.74) is 0.338. The van der Waals surface area contributed by atoms with Crippen LogP contribution in [0, 0.1) is 0 Å². The summed E-state index contributed by atoms with van der Waals surface area (Å²) in [5.74, 6) is 0.938. The van der Waals surface area contributed by atoms with Crippen LogP contribution in [0.5, 0.6) is 5.75 Å². The average molecular weight is 341 g/mol. The van der Waals surface area contributed by atoms with Crippen LogP contribution in [0.3, 0.4) is 0 Å². The van der Waals surface area contributed by atoms with Gasteiger partial charge in [-0.2, -0.15) is 0 Å². The molecule has 0 aliphatic rings. The van der Waals surface area contributed by atoms with E-state index < -0.39 is 6.36 Å². The molecule has 8 heteroatoms. The van der Waals surface area contributed by atoms with Gasteiger partial charge >= 0.3 is 6.36 Å². The van der Waals surface area contributed by atoms with Crippen molar-refractivity contribution in [2.24, 2.45) is 4.99 Å². The van der Waals surface area contributed by atoms with Crippen molar-refractivity contribution in [1.29, 1.82) is 0 Å². The number of nitrogens with zero attached hydrogens (tertiary/aromatic N) is 1. The van der Waals surface area contributed by atoms with Crippen LogP contribution in [-0.2, 0) is 13.1 Å². The molecule has 0 fully saturated rings. The van der Waals surface area contributed by atoms with Crippen LogP contribution in [0.25, 0.3) is 0 Å². The van der Waals surface area contributed by atoms with E-state index in [0.29, 0.717) is 24.6 Å². The van der Waals surface area contributed by atoms with E-state index in [1.807, 2.05) is 13.0 Å². The van der Waals surface area contributed by atoms with Crippen molar-refractivity contribution >= 4 is 5.96 Å². The van der Waals surface area contributed by atoms with Gasteiger partial charge in [-0.1, -0.05) is 18.2 Å². The predicted octanol–water partition coefficient (Wildman–Crippen LogP) is 3.43. The van der Waals surface area contributed by atoms with E-state index in [-0.39, 0.29) is 12.3 Å². The predicted molar refractivity (Wildman–Crippen MR) is 83.5 cm³/mol. The molecule has 2 N–H and O–H groups in total. The Morgan fingerprint density at radius 3 is 2.62 bits per heavy atom. The largest absolute Gasteiger partial charge is 0.573 e. The summed E-state index contributed by atoms with van der Waals surface area (Å²) >= 11 is 0. The van der Waals surface area contributed by atoms with Gasteiger partial charge in [0, 0.05) is 12.1 Å². The second kappa shape index (κ2) is 8.28. The maximum absolute atomic E-state index is 12.4. The molecular formula is C16H18F3N3O2. The molecule has 1 heterocycles. The Balaban J connectivity index is 2.05. The molecule has 1 aromatic carbocycles. The topological polar surface area (TPSA) is 58.8 Å². The fourth-order valence-corrected chi connectivity index (χ4v) is 1.95. The number of nitrogens with one attached hydrogen (secondary N) is 2. The molecule has 1 aromatic heterocycles. The highest BCUT2D eigenvalue weighted by Crippen LogP contribution is 2.26. The van der Waals surface area contributed by atoms with Crippen LogP contribution in [0.2, 0.25) is 0 Å². The minimum absolute atomic E-state index is 0.0414. The summed E-state index contributed by atoms with van der Waals surface area (Å²) < 4.78 is 46.5. The normalized spacial score (nSPS) is 12.1. The molecule has 0 spiro atoms. The molecular weight excluding hydrogens is 323 g/mol.